The van der Waals surface area contributed by atoms with Crippen molar-refractivity contribution in [3.63, 3.8) is 0 Å². The van der Waals surface area contributed by atoms with Crippen LogP contribution in [0.1, 0.15) is 316 Å². The zero-order valence-electron chi connectivity index (χ0n) is 43.7. The van der Waals surface area contributed by atoms with Crippen LogP contribution >= 0.6 is 0 Å². The molecular formula is C59H113NO5. The van der Waals surface area contributed by atoms with E-state index < -0.39 is 12.1 Å². The highest BCUT2D eigenvalue weighted by molar-refractivity contribution is 5.76. The van der Waals surface area contributed by atoms with Crippen molar-refractivity contribution in [3.05, 3.63) is 24.3 Å². The number of unbranched alkanes of at least 4 members (excludes halogenated alkanes) is 41. The maximum atomic E-state index is 12.4. The Morgan fingerprint density at radius 1 is 0.415 bits per heavy atom. The standard InChI is InChI=1S/C59H113NO5/c1-3-5-7-9-11-13-15-28-31-35-39-43-47-51-57(62)56(55-61)60-58(63)52-48-44-40-36-32-29-26-24-22-20-18-17-19-21-23-25-27-30-34-38-42-46-50-54-65-59(64)53-49-45-41-37-33-16-14-12-10-8-6-4-2/h12,14,47,51,56-57,61-62H,3-11,13,15-46,48-50,52-55H2,1-2H3,(H,60,63)/b14-12-,51-47+. The summed E-state index contributed by atoms with van der Waals surface area (Å²) < 4.78 is 5.46. The van der Waals surface area contributed by atoms with Gasteiger partial charge >= 0.3 is 5.97 Å². The van der Waals surface area contributed by atoms with Crippen LogP contribution in [0.15, 0.2) is 24.3 Å². The van der Waals surface area contributed by atoms with Gasteiger partial charge in [0.15, 0.2) is 0 Å². The first kappa shape index (κ1) is 63.3. The summed E-state index contributed by atoms with van der Waals surface area (Å²) in [6.45, 7) is 4.88. The van der Waals surface area contributed by atoms with Gasteiger partial charge in [-0.1, -0.05) is 269 Å². The first-order valence-electron chi connectivity index (χ1n) is 29.1. The molecule has 0 fully saturated rings. The van der Waals surface area contributed by atoms with Crippen molar-refractivity contribution in [2.45, 2.75) is 328 Å². The van der Waals surface area contributed by atoms with E-state index in [1.807, 2.05) is 6.08 Å². The molecular weight excluding hydrogens is 803 g/mol. The van der Waals surface area contributed by atoms with Gasteiger partial charge in [0.05, 0.1) is 25.4 Å². The Hall–Kier alpha value is -1.66. The molecule has 0 rings (SSSR count). The second kappa shape index (κ2) is 54.9. The molecule has 3 N–H and O–H groups in total. The molecule has 0 bridgehead atoms. The minimum absolute atomic E-state index is 0.00372. The lowest BCUT2D eigenvalue weighted by Gasteiger charge is -2.20. The summed E-state index contributed by atoms with van der Waals surface area (Å²) in [7, 11) is 0. The fraction of sp³-hybridized carbons (Fsp3) is 0.898. The molecule has 65 heavy (non-hydrogen) atoms. The minimum Gasteiger partial charge on any atom is -0.466 e. The Balaban J connectivity index is 3.39. The number of hydrogen-bond acceptors (Lipinski definition) is 5. The average molecular weight is 917 g/mol. The molecule has 384 valence electrons. The smallest absolute Gasteiger partial charge is 0.305 e. The van der Waals surface area contributed by atoms with Gasteiger partial charge in [0, 0.05) is 12.8 Å². The van der Waals surface area contributed by atoms with E-state index in [2.05, 4.69) is 31.3 Å². The average Bonchev–Trinajstić information content (AvgIpc) is 3.31. The summed E-state index contributed by atoms with van der Waals surface area (Å²) in [6, 6.07) is -0.626. The third-order valence-corrected chi connectivity index (χ3v) is 13.5. The van der Waals surface area contributed by atoms with Gasteiger partial charge in [-0.15, -0.1) is 0 Å². The molecule has 0 aliphatic carbocycles. The number of ether oxygens (including phenoxy) is 1. The van der Waals surface area contributed by atoms with Gasteiger partial charge in [-0.3, -0.25) is 9.59 Å². The van der Waals surface area contributed by atoms with Gasteiger partial charge in [-0.2, -0.15) is 0 Å². The van der Waals surface area contributed by atoms with E-state index in [4.69, 9.17) is 4.74 Å². The van der Waals surface area contributed by atoms with E-state index in [1.165, 1.54) is 244 Å². The molecule has 2 unspecified atom stereocenters. The summed E-state index contributed by atoms with van der Waals surface area (Å²) in [5.41, 5.74) is 0. The van der Waals surface area contributed by atoms with Gasteiger partial charge in [-0.25, -0.2) is 0 Å². The zero-order valence-corrected chi connectivity index (χ0v) is 43.7. The fourth-order valence-corrected chi connectivity index (χ4v) is 8.98. The van der Waals surface area contributed by atoms with Crippen LogP contribution in [0.3, 0.4) is 0 Å². The lowest BCUT2D eigenvalue weighted by molar-refractivity contribution is -0.143. The number of aliphatic hydroxyl groups is 2. The monoisotopic (exact) mass is 916 g/mol. The third kappa shape index (κ3) is 51.6. The van der Waals surface area contributed by atoms with Gasteiger partial charge in [0.25, 0.3) is 0 Å². The van der Waals surface area contributed by atoms with Gasteiger partial charge in [0.1, 0.15) is 0 Å². The number of amides is 1. The van der Waals surface area contributed by atoms with Crippen molar-refractivity contribution in [2.24, 2.45) is 0 Å². The van der Waals surface area contributed by atoms with Gasteiger partial charge < -0.3 is 20.3 Å². The fourth-order valence-electron chi connectivity index (χ4n) is 8.98. The summed E-state index contributed by atoms with van der Waals surface area (Å²) in [5.74, 6) is -0.0634. The Bertz CT molecular complexity index is 1010. The van der Waals surface area contributed by atoms with Gasteiger partial charge in [-0.05, 0) is 57.8 Å². The van der Waals surface area contributed by atoms with Crippen molar-refractivity contribution in [3.8, 4) is 0 Å². The zero-order chi connectivity index (χ0) is 47.2. The molecule has 0 heterocycles. The van der Waals surface area contributed by atoms with Crippen molar-refractivity contribution >= 4 is 11.9 Å². The second-order valence-electron chi connectivity index (χ2n) is 20.0. The Morgan fingerprint density at radius 2 is 0.723 bits per heavy atom. The predicted octanol–water partition coefficient (Wildman–Crippen LogP) is 17.9. The highest BCUT2D eigenvalue weighted by Crippen LogP contribution is 2.17. The van der Waals surface area contributed by atoms with Crippen LogP contribution in [0.2, 0.25) is 0 Å². The largest absolute Gasteiger partial charge is 0.466 e. The van der Waals surface area contributed by atoms with Crippen molar-refractivity contribution in [1.82, 2.24) is 5.32 Å². The molecule has 2 atom stereocenters. The van der Waals surface area contributed by atoms with Crippen LogP contribution in [0.5, 0.6) is 0 Å². The molecule has 0 aliphatic heterocycles. The number of carbonyl (C=O) groups is 2. The van der Waals surface area contributed by atoms with Crippen molar-refractivity contribution in [2.75, 3.05) is 13.2 Å². The topological polar surface area (TPSA) is 95.9 Å². The number of aliphatic hydroxyl groups excluding tert-OH is 2. The molecule has 0 aromatic carbocycles. The minimum atomic E-state index is -0.843. The maximum absolute atomic E-state index is 12.4. The summed E-state index contributed by atoms with van der Waals surface area (Å²) in [5, 5.41) is 23.1. The van der Waals surface area contributed by atoms with Crippen molar-refractivity contribution < 1.29 is 24.5 Å². The Kier molecular flexibility index (Phi) is 53.5. The lowest BCUT2D eigenvalue weighted by Crippen LogP contribution is -2.45. The van der Waals surface area contributed by atoms with E-state index >= 15 is 0 Å². The lowest BCUT2D eigenvalue weighted by atomic mass is 10.0. The molecule has 0 aliphatic rings. The summed E-state index contributed by atoms with van der Waals surface area (Å²) >= 11 is 0. The quantitative estimate of drug-likeness (QED) is 0.0321. The SMILES string of the molecule is CCCCC/C=C\CCCCCCCC(=O)OCCCCCCCCCCCCCCCCCCCCCCCCCC(=O)NC(CO)C(O)/C=C/CCCCCCCCCCCCC. The summed E-state index contributed by atoms with van der Waals surface area (Å²) in [4.78, 5) is 24.4. The number of rotatable bonds is 54. The van der Waals surface area contributed by atoms with Crippen LogP contribution in [0.25, 0.3) is 0 Å². The predicted molar refractivity (Wildman–Crippen MR) is 283 cm³/mol. The number of nitrogens with one attached hydrogen (secondary N) is 1. The number of hydrogen-bond donors (Lipinski definition) is 3. The normalized spacial score (nSPS) is 12.7. The molecule has 1 amide bonds. The highest BCUT2D eigenvalue weighted by Gasteiger charge is 2.18. The molecule has 0 saturated carbocycles. The van der Waals surface area contributed by atoms with E-state index in [1.54, 1.807) is 6.08 Å². The second-order valence-corrected chi connectivity index (χ2v) is 20.0. The van der Waals surface area contributed by atoms with E-state index in [9.17, 15) is 19.8 Å². The highest BCUT2D eigenvalue weighted by atomic mass is 16.5. The van der Waals surface area contributed by atoms with Crippen molar-refractivity contribution in [1.29, 1.82) is 0 Å². The van der Waals surface area contributed by atoms with E-state index in [0.717, 1.165) is 44.9 Å². The van der Waals surface area contributed by atoms with Crippen LogP contribution in [0.4, 0.5) is 0 Å². The molecule has 0 aromatic heterocycles. The van der Waals surface area contributed by atoms with E-state index in [-0.39, 0.29) is 18.5 Å². The number of esters is 1. The molecule has 0 spiro atoms. The molecule has 6 nitrogen and oxygen atoms in total. The maximum Gasteiger partial charge on any atom is 0.305 e. The summed E-state index contributed by atoms with van der Waals surface area (Å²) in [6.07, 6.45) is 66.3. The Morgan fingerprint density at radius 3 is 1.12 bits per heavy atom. The first-order chi connectivity index (χ1) is 32.0. The molecule has 6 heteroatoms. The molecule has 0 saturated heterocycles. The first-order valence-corrected chi connectivity index (χ1v) is 29.1. The number of carbonyl (C=O) groups excluding carboxylic acids is 2. The Labute approximate surface area is 405 Å². The number of allylic oxidation sites excluding steroid dienone is 3. The van der Waals surface area contributed by atoms with Crippen LogP contribution in [-0.2, 0) is 14.3 Å². The van der Waals surface area contributed by atoms with E-state index in [0.29, 0.717) is 19.4 Å². The van der Waals surface area contributed by atoms with Gasteiger partial charge in [0.2, 0.25) is 5.91 Å². The molecule has 0 aromatic rings. The third-order valence-electron chi connectivity index (χ3n) is 13.5. The van der Waals surface area contributed by atoms with Crippen LogP contribution in [0, 0.1) is 0 Å². The molecule has 0 radical (unpaired) electrons. The van der Waals surface area contributed by atoms with Crippen LogP contribution < -0.4 is 5.32 Å². The van der Waals surface area contributed by atoms with Crippen LogP contribution in [-0.4, -0.2) is 47.4 Å².